The first-order valence-corrected chi connectivity index (χ1v) is 8.77. The molecule has 3 aromatic rings. The van der Waals surface area contributed by atoms with Gasteiger partial charge in [0.05, 0.1) is 40.9 Å². The van der Waals surface area contributed by atoms with Gasteiger partial charge >= 0.3 is 0 Å². The maximum atomic E-state index is 12.8. The topological polar surface area (TPSA) is 99.5 Å². The van der Waals surface area contributed by atoms with Crippen LogP contribution in [0.3, 0.4) is 0 Å². The van der Waals surface area contributed by atoms with Gasteiger partial charge in [-0.2, -0.15) is 10.2 Å². The van der Waals surface area contributed by atoms with Crippen LogP contribution >= 0.6 is 0 Å². The molecule has 0 saturated carbocycles. The predicted molar refractivity (Wildman–Crippen MR) is 97.1 cm³/mol. The number of nitrogens with zero attached hydrogens (tertiary/aromatic N) is 4. The van der Waals surface area contributed by atoms with Gasteiger partial charge in [0.2, 0.25) is 0 Å². The van der Waals surface area contributed by atoms with Crippen molar-refractivity contribution in [3.8, 4) is 0 Å². The first-order chi connectivity index (χ1) is 12.7. The molecule has 0 aromatic carbocycles. The van der Waals surface area contributed by atoms with Crippen LogP contribution in [-0.2, 0) is 11.3 Å². The second kappa shape index (κ2) is 6.89. The molecule has 0 aliphatic carbocycles. The third-order valence-corrected chi connectivity index (χ3v) is 4.90. The van der Waals surface area contributed by atoms with Gasteiger partial charge in [-0.15, -0.1) is 0 Å². The molecule has 0 unspecified atom stereocenters. The lowest BCUT2D eigenvalue weighted by Crippen LogP contribution is -2.21. The van der Waals surface area contributed by atoms with Gasteiger partial charge < -0.3 is 15.8 Å². The Hall–Kier alpha value is -2.71. The van der Waals surface area contributed by atoms with E-state index in [0.717, 1.165) is 48.5 Å². The monoisotopic (exact) mass is 354 g/mol. The fourth-order valence-corrected chi connectivity index (χ4v) is 3.36. The first kappa shape index (κ1) is 16.7. The van der Waals surface area contributed by atoms with E-state index in [4.69, 9.17) is 10.5 Å². The molecule has 1 fully saturated rings. The van der Waals surface area contributed by atoms with Crippen LogP contribution in [0.5, 0.6) is 0 Å². The predicted octanol–water partition coefficient (Wildman–Crippen LogP) is 1.90. The van der Waals surface area contributed by atoms with Gasteiger partial charge in [-0.1, -0.05) is 0 Å². The minimum absolute atomic E-state index is 0.205. The lowest BCUT2D eigenvalue weighted by molar-refractivity contribution is 0.0657. The minimum Gasteiger partial charge on any atom is -0.381 e. The summed E-state index contributed by atoms with van der Waals surface area (Å²) in [5.74, 6) is -0.205. The van der Waals surface area contributed by atoms with E-state index in [1.54, 1.807) is 16.9 Å². The van der Waals surface area contributed by atoms with Gasteiger partial charge in [-0.3, -0.25) is 9.48 Å². The average Bonchev–Trinajstić information content (AvgIpc) is 3.26. The molecule has 4 heterocycles. The number of aromatic nitrogens is 4. The summed E-state index contributed by atoms with van der Waals surface area (Å²) in [6.07, 6.45) is 6.96. The molecule has 0 spiro atoms. The van der Waals surface area contributed by atoms with Crippen LogP contribution < -0.4 is 11.1 Å². The van der Waals surface area contributed by atoms with Crippen molar-refractivity contribution in [2.45, 2.75) is 32.4 Å². The van der Waals surface area contributed by atoms with Gasteiger partial charge in [0, 0.05) is 26.0 Å². The summed E-state index contributed by atoms with van der Waals surface area (Å²) in [6.45, 7) is 3.88. The molecule has 1 aliphatic heterocycles. The molecule has 136 valence electrons. The highest BCUT2D eigenvalue weighted by atomic mass is 16.5. The SMILES string of the molecule is Cc1c(NC(=O)c2cnn3ccc(CN)cc23)cnn1C1CCOCC1. The maximum absolute atomic E-state index is 12.8. The number of nitrogens with two attached hydrogens (primary N) is 1. The van der Waals surface area contributed by atoms with Crippen molar-refractivity contribution >= 4 is 17.1 Å². The van der Waals surface area contributed by atoms with Crippen molar-refractivity contribution < 1.29 is 9.53 Å². The zero-order valence-electron chi connectivity index (χ0n) is 14.7. The highest BCUT2D eigenvalue weighted by molar-refractivity contribution is 6.09. The molecule has 8 heteroatoms. The van der Waals surface area contributed by atoms with Crippen molar-refractivity contribution in [2.24, 2.45) is 5.73 Å². The van der Waals surface area contributed by atoms with Crippen LogP contribution in [0.15, 0.2) is 30.7 Å². The summed E-state index contributed by atoms with van der Waals surface area (Å²) in [6, 6.07) is 4.10. The summed E-state index contributed by atoms with van der Waals surface area (Å²) in [4.78, 5) is 12.8. The van der Waals surface area contributed by atoms with E-state index in [0.29, 0.717) is 18.2 Å². The lowest BCUT2D eigenvalue weighted by Gasteiger charge is -2.23. The van der Waals surface area contributed by atoms with E-state index < -0.39 is 0 Å². The summed E-state index contributed by atoms with van der Waals surface area (Å²) in [5, 5.41) is 11.7. The first-order valence-electron chi connectivity index (χ1n) is 8.77. The van der Waals surface area contributed by atoms with E-state index in [2.05, 4.69) is 15.5 Å². The summed E-state index contributed by atoms with van der Waals surface area (Å²) in [7, 11) is 0. The van der Waals surface area contributed by atoms with Crippen LogP contribution in [0.2, 0.25) is 0 Å². The summed E-state index contributed by atoms with van der Waals surface area (Å²) in [5.41, 5.74) is 9.57. The second-order valence-electron chi connectivity index (χ2n) is 6.51. The third kappa shape index (κ3) is 2.97. The van der Waals surface area contributed by atoms with Crippen molar-refractivity contribution in [3.05, 3.63) is 47.5 Å². The molecule has 1 amide bonds. The molecule has 0 radical (unpaired) electrons. The number of hydrogen-bond donors (Lipinski definition) is 2. The number of rotatable bonds is 4. The largest absolute Gasteiger partial charge is 0.381 e. The Bertz CT molecular complexity index is 938. The number of pyridine rings is 1. The van der Waals surface area contributed by atoms with Crippen LogP contribution in [0.25, 0.3) is 5.52 Å². The molecule has 8 nitrogen and oxygen atoms in total. The molecule has 4 rings (SSSR count). The van der Waals surface area contributed by atoms with Crippen LogP contribution in [0.1, 0.15) is 40.5 Å². The van der Waals surface area contributed by atoms with Crippen LogP contribution in [-0.4, -0.2) is 38.5 Å². The molecule has 0 atom stereocenters. The van der Waals surface area contributed by atoms with Gasteiger partial charge in [-0.25, -0.2) is 4.52 Å². The second-order valence-corrected chi connectivity index (χ2v) is 6.51. The molecular weight excluding hydrogens is 332 g/mol. The van der Waals surface area contributed by atoms with Crippen LogP contribution in [0.4, 0.5) is 5.69 Å². The summed E-state index contributed by atoms with van der Waals surface area (Å²) >= 11 is 0. The van der Waals surface area contributed by atoms with Gasteiger partial charge in [0.1, 0.15) is 0 Å². The molecule has 1 saturated heterocycles. The zero-order chi connectivity index (χ0) is 18.1. The fraction of sp³-hybridized carbons (Fsp3) is 0.389. The zero-order valence-corrected chi connectivity index (χ0v) is 14.7. The number of carbonyl (C=O) groups excluding carboxylic acids is 1. The number of hydrogen-bond acceptors (Lipinski definition) is 5. The number of anilines is 1. The highest BCUT2D eigenvalue weighted by Gasteiger charge is 2.21. The Labute approximate surface area is 150 Å². The Kier molecular flexibility index (Phi) is 4.44. The lowest BCUT2D eigenvalue weighted by atomic mass is 10.1. The molecule has 0 bridgehead atoms. The van der Waals surface area contributed by atoms with Crippen LogP contribution in [0, 0.1) is 6.92 Å². The van der Waals surface area contributed by atoms with E-state index in [1.807, 2.05) is 29.9 Å². The normalized spacial score (nSPS) is 15.5. The molecule has 1 aliphatic rings. The van der Waals surface area contributed by atoms with Gasteiger partial charge in [0.15, 0.2) is 0 Å². The van der Waals surface area contributed by atoms with E-state index >= 15 is 0 Å². The number of fused-ring (bicyclic) bond motifs is 1. The van der Waals surface area contributed by atoms with Gasteiger partial charge in [-0.05, 0) is 37.5 Å². The van der Waals surface area contributed by atoms with E-state index in [1.165, 1.54) is 0 Å². The molecule has 26 heavy (non-hydrogen) atoms. The number of nitrogens with one attached hydrogen (secondary N) is 1. The van der Waals surface area contributed by atoms with Crippen molar-refractivity contribution in [3.63, 3.8) is 0 Å². The quantitative estimate of drug-likeness (QED) is 0.745. The fourth-order valence-electron chi connectivity index (χ4n) is 3.36. The number of amides is 1. The Balaban J connectivity index is 1.58. The Morgan fingerprint density at radius 1 is 1.35 bits per heavy atom. The molecule has 3 aromatic heterocycles. The Morgan fingerprint density at radius 3 is 2.92 bits per heavy atom. The number of ether oxygens (including phenoxy) is 1. The average molecular weight is 354 g/mol. The van der Waals surface area contributed by atoms with Gasteiger partial charge in [0.25, 0.3) is 5.91 Å². The third-order valence-electron chi connectivity index (χ3n) is 4.90. The van der Waals surface area contributed by atoms with Crippen molar-refractivity contribution in [1.29, 1.82) is 0 Å². The molecule has 3 N–H and O–H groups in total. The minimum atomic E-state index is -0.205. The van der Waals surface area contributed by atoms with E-state index in [9.17, 15) is 4.79 Å². The summed E-state index contributed by atoms with van der Waals surface area (Å²) < 4.78 is 9.07. The molecular formula is C18H22N6O2. The van der Waals surface area contributed by atoms with E-state index in [-0.39, 0.29) is 5.91 Å². The Morgan fingerprint density at radius 2 is 2.15 bits per heavy atom. The highest BCUT2D eigenvalue weighted by Crippen LogP contribution is 2.25. The van der Waals surface area contributed by atoms with Crippen molar-refractivity contribution in [1.82, 2.24) is 19.4 Å². The smallest absolute Gasteiger partial charge is 0.259 e. The maximum Gasteiger partial charge on any atom is 0.259 e. The standard InChI is InChI=1S/C18H22N6O2/c1-12-16(11-21-24(12)14-3-6-26-7-4-14)22-18(25)15-10-20-23-5-2-13(9-19)8-17(15)23/h2,5,8,10-11,14H,3-4,6-7,9,19H2,1H3,(H,22,25). The van der Waals surface area contributed by atoms with Crippen molar-refractivity contribution in [2.75, 3.05) is 18.5 Å². The number of carbonyl (C=O) groups is 1.